The van der Waals surface area contributed by atoms with Crippen molar-refractivity contribution in [2.24, 2.45) is 0 Å². The Bertz CT molecular complexity index is 4040. The third-order valence-corrected chi connectivity index (χ3v) is 16.3. The van der Waals surface area contributed by atoms with E-state index in [-0.39, 0.29) is 27.1 Å². The number of rotatable bonds is 4. The first-order valence-corrected chi connectivity index (χ1v) is 27.1. The molecule has 0 unspecified atom stereocenters. The fraction of sp³-hybridized carbons (Fsp3) is 0.310. The van der Waals surface area contributed by atoms with Gasteiger partial charge in [-0.15, -0.1) is 0 Å². The highest BCUT2D eigenvalue weighted by molar-refractivity contribution is 6.14. The predicted molar refractivity (Wildman–Crippen MR) is 323 cm³/mol. The van der Waals surface area contributed by atoms with Gasteiger partial charge in [-0.1, -0.05) is 152 Å². The Labute approximate surface area is 445 Å². The molecule has 0 aliphatic rings. The van der Waals surface area contributed by atoms with E-state index in [1.807, 2.05) is 0 Å². The Kier molecular flexibility index (Phi) is 11.2. The molecule has 0 aliphatic heterocycles. The minimum Gasteiger partial charge on any atom is -0.307 e. The Morgan fingerprint density at radius 1 is 0.333 bits per heavy atom. The van der Waals surface area contributed by atoms with Gasteiger partial charge in [-0.05, 0) is 182 Å². The van der Waals surface area contributed by atoms with Crippen LogP contribution >= 0.6 is 0 Å². The van der Waals surface area contributed by atoms with Crippen LogP contribution in [0.1, 0.15) is 148 Å². The van der Waals surface area contributed by atoms with E-state index < -0.39 is 0 Å². The van der Waals surface area contributed by atoms with Gasteiger partial charge in [-0.2, -0.15) is 5.26 Å². The van der Waals surface area contributed by atoms with Gasteiger partial charge in [0.15, 0.2) is 0 Å². The molecule has 3 heterocycles. The van der Waals surface area contributed by atoms with Crippen molar-refractivity contribution in [2.45, 2.75) is 145 Å². The molecule has 0 aliphatic carbocycles. The van der Waals surface area contributed by atoms with Gasteiger partial charge >= 0.3 is 0 Å². The zero-order valence-electron chi connectivity index (χ0n) is 47.6. The van der Waals surface area contributed by atoms with Crippen LogP contribution in [0.15, 0.2) is 140 Å². The highest BCUT2D eigenvalue weighted by Crippen LogP contribution is 2.48. The lowest BCUT2D eigenvalue weighted by Gasteiger charge is -2.25. The summed E-state index contributed by atoms with van der Waals surface area (Å²) in [6, 6.07) is 56.4. The van der Waals surface area contributed by atoms with E-state index in [0.717, 1.165) is 72.4 Å². The van der Waals surface area contributed by atoms with Gasteiger partial charge in [0.05, 0.1) is 61.8 Å². The molecule has 8 aromatic carbocycles. The molecule has 0 amide bonds. The molecule has 0 bridgehead atoms. The minimum atomic E-state index is -0.0608. The van der Waals surface area contributed by atoms with Gasteiger partial charge in [-0.25, -0.2) is 0 Å². The first kappa shape index (κ1) is 49.8. The van der Waals surface area contributed by atoms with Crippen LogP contribution in [-0.4, -0.2) is 13.7 Å². The van der Waals surface area contributed by atoms with Crippen LogP contribution in [0, 0.1) is 25.2 Å². The Morgan fingerprint density at radius 2 is 0.627 bits per heavy atom. The van der Waals surface area contributed by atoms with Crippen molar-refractivity contribution in [3.05, 3.63) is 184 Å². The van der Waals surface area contributed by atoms with Gasteiger partial charge in [-0.3, -0.25) is 0 Å². The standard InChI is InChI=1S/C71H74N4/c1-42-32-44(41-72)33-43(2)65(42)45-34-63(73-57-21-19-18-20-51(57)52-36-46(67(3,4)5)22-27-58(52)73)66(75-61-30-25-49(70(12,13)14)39-55(61)56-40-50(71(15,16)17)26-31-62(56)75)64(35-45)74-59-28-23-47(68(6,7)8)37-53(59)54-38-48(69(9,10)11)24-29-60(54)74/h18-40H,1-17H3. The molecule has 378 valence electrons. The zero-order valence-corrected chi connectivity index (χ0v) is 47.6. The number of aryl methyl sites for hydroxylation is 2. The summed E-state index contributed by atoms with van der Waals surface area (Å²) in [5.74, 6) is 0. The van der Waals surface area contributed by atoms with E-state index in [2.05, 4.69) is 277 Å². The maximum absolute atomic E-state index is 10.3. The molecule has 0 fully saturated rings. The van der Waals surface area contributed by atoms with Gasteiger partial charge in [0.1, 0.15) is 0 Å². The molecule has 0 saturated carbocycles. The van der Waals surface area contributed by atoms with Gasteiger partial charge in [0.2, 0.25) is 0 Å². The lowest BCUT2D eigenvalue weighted by molar-refractivity contribution is 0.590. The zero-order chi connectivity index (χ0) is 53.6. The predicted octanol–water partition coefficient (Wildman–Crippen LogP) is 19.6. The van der Waals surface area contributed by atoms with Gasteiger partial charge < -0.3 is 13.7 Å². The largest absolute Gasteiger partial charge is 0.307 e. The lowest BCUT2D eigenvalue weighted by Crippen LogP contribution is -2.12. The van der Waals surface area contributed by atoms with Crippen LogP contribution in [0.5, 0.6) is 0 Å². The molecule has 0 radical (unpaired) electrons. The van der Waals surface area contributed by atoms with Crippen LogP contribution in [0.25, 0.3) is 93.6 Å². The van der Waals surface area contributed by atoms with E-state index in [9.17, 15) is 5.26 Å². The average molecular weight is 983 g/mol. The van der Waals surface area contributed by atoms with E-state index in [0.29, 0.717) is 5.56 Å². The molecule has 0 N–H and O–H groups in total. The first-order chi connectivity index (χ1) is 35.1. The van der Waals surface area contributed by atoms with E-state index in [1.165, 1.54) is 60.1 Å². The van der Waals surface area contributed by atoms with Gasteiger partial charge in [0, 0.05) is 32.3 Å². The average Bonchev–Trinajstić information content (AvgIpc) is 4.01. The van der Waals surface area contributed by atoms with Crippen molar-refractivity contribution in [3.8, 4) is 34.3 Å². The second-order valence-electron chi connectivity index (χ2n) is 26.9. The fourth-order valence-corrected chi connectivity index (χ4v) is 11.9. The Morgan fingerprint density at radius 3 is 0.947 bits per heavy atom. The molecule has 11 aromatic rings. The normalized spacial score (nSPS) is 13.1. The number of hydrogen-bond acceptors (Lipinski definition) is 1. The minimum absolute atomic E-state index is 0.0443. The van der Waals surface area contributed by atoms with Crippen LogP contribution in [-0.2, 0) is 27.1 Å². The molecule has 11 rings (SSSR count). The second kappa shape index (κ2) is 16.8. The number of hydrogen-bond donors (Lipinski definition) is 0. The number of para-hydroxylation sites is 1. The monoisotopic (exact) mass is 983 g/mol. The molecule has 4 heteroatoms. The quantitative estimate of drug-likeness (QED) is 0.173. The fourth-order valence-electron chi connectivity index (χ4n) is 11.9. The molecule has 0 atom stereocenters. The Hall–Kier alpha value is -7.35. The van der Waals surface area contributed by atoms with E-state index >= 15 is 0 Å². The van der Waals surface area contributed by atoms with Crippen molar-refractivity contribution in [1.82, 2.24) is 13.7 Å². The summed E-state index contributed by atoms with van der Waals surface area (Å²) in [5, 5.41) is 17.7. The number of benzene rings is 8. The molecule has 0 saturated heterocycles. The van der Waals surface area contributed by atoms with Crippen molar-refractivity contribution in [1.29, 1.82) is 5.26 Å². The molecule has 75 heavy (non-hydrogen) atoms. The van der Waals surface area contributed by atoms with Crippen molar-refractivity contribution in [2.75, 3.05) is 0 Å². The molecular weight excluding hydrogens is 909 g/mol. The smallest absolute Gasteiger partial charge is 0.0991 e. The Balaban J connectivity index is 1.43. The third-order valence-electron chi connectivity index (χ3n) is 16.3. The summed E-state index contributed by atoms with van der Waals surface area (Å²) in [5.41, 5.74) is 21.5. The summed E-state index contributed by atoms with van der Waals surface area (Å²) in [7, 11) is 0. The maximum atomic E-state index is 10.3. The molecule has 3 aromatic heterocycles. The summed E-state index contributed by atoms with van der Waals surface area (Å²) in [4.78, 5) is 0. The van der Waals surface area contributed by atoms with Crippen LogP contribution in [0.2, 0.25) is 0 Å². The maximum Gasteiger partial charge on any atom is 0.0991 e. The van der Waals surface area contributed by atoms with E-state index in [4.69, 9.17) is 0 Å². The summed E-state index contributed by atoms with van der Waals surface area (Å²) in [6.45, 7) is 39.1. The summed E-state index contributed by atoms with van der Waals surface area (Å²) < 4.78 is 7.74. The number of nitrogens with zero attached hydrogens (tertiary/aromatic N) is 4. The number of aromatic nitrogens is 3. The number of nitriles is 1. The summed E-state index contributed by atoms with van der Waals surface area (Å²) >= 11 is 0. The topological polar surface area (TPSA) is 38.6 Å². The van der Waals surface area contributed by atoms with Crippen LogP contribution in [0.3, 0.4) is 0 Å². The molecule has 0 spiro atoms. The second-order valence-corrected chi connectivity index (χ2v) is 26.9. The molecule has 4 nitrogen and oxygen atoms in total. The number of fused-ring (bicyclic) bond motifs is 9. The van der Waals surface area contributed by atoms with Crippen LogP contribution < -0.4 is 0 Å². The molecular formula is C71H74N4. The lowest BCUT2D eigenvalue weighted by atomic mass is 9.85. The van der Waals surface area contributed by atoms with Crippen LogP contribution in [0.4, 0.5) is 0 Å². The van der Waals surface area contributed by atoms with E-state index in [1.54, 1.807) is 0 Å². The first-order valence-electron chi connectivity index (χ1n) is 27.1. The third kappa shape index (κ3) is 8.17. The SMILES string of the molecule is Cc1cc(C#N)cc(C)c1-c1cc(-n2c3ccccc3c3cc(C(C)(C)C)ccc32)c(-n2c3ccc(C(C)(C)C)cc3c3cc(C(C)(C)C)ccc32)c(-n2c3ccc(C(C)(C)C)cc3c3cc(C(C)(C)C)ccc32)c1. The summed E-state index contributed by atoms with van der Waals surface area (Å²) in [6.07, 6.45) is 0. The highest BCUT2D eigenvalue weighted by atomic mass is 15.1. The van der Waals surface area contributed by atoms with Crippen molar-refractivity contribution in [3.63, 3.8) is 0 Å². The van der Waals surface area contributed by atoms with Crippen molar-refractivity contribution >= 4 is 65.4 Å². The highest BCUT2D eigenvalue weighted by Gasteiger charge is 2.30. The van der Waals surface area contributed by atoms with Crippen molar-refractivity contribution < 1.29 is 0 Å². The van der Waals surface area contributed by atoms with Gasteiger partial charge in [0.25, 0.3) is 0 Å².